The Kier molecular flexibility index (Phi) is 3.25. The van der Waals surface area contributed by atoms with Crippen LogP contribution in [-0.4, -0.2) is 42.8 Å². The van der Waals surface area contributed by atoms with Gasteiger partial charge >= 0.3 is 4.60 Å². The van der Waals surface area contributed by atoms with E-state index in [1.54, 1.807) is 0 Å². The fourth-order valence-electron chi connectivity index (χ4n) is 1.31. The molecule has 1 aromatic rings. The lowest BCUT2D eigenvalue weighted by Gasteiger charge is -2.19. The van der Waals surface area contributed by atoms with Crippen LogP contribution >= 0.6 is 15.9 Å². The molecule has 0 bridgehead atoms. The van der Waals surface area contributed by atoms with Crippen LogP contribution in [0.3, 0.4) is 0 Å². The molecular formula is C7H9BrN4O4. The van der Waals surface area contributed by atoms with Gasteiger partial charge in [0.1, 0.15) is 0 Å². The molecule has 0 aliphatic carbocycles. The lowest BCUT2D eigenvalue weighted by Crippen LogP contribution is -2.63. The standard InChI is InChI=1S/C7H9BrN4O4/c8-5-6(9-7(13)14)16-10-12(5)11-1-3-15-4-2-11/h1-4H2,(H-,9,10,13,14). The second-order valence-electron chi connectivity index (χ2n) is 3.02. The number of hydrogen-bond acceptors (Lipinski definition) is 5. The zero-order valence-electron chi connectivity index (χ0n) is 8.17. The van der Waals surface area contributed by atoms with E-state index in [2.05, 4.69) is 26.5 Å². The molecule has 1 N–H and O–H groups in total. The van der Waals surface area contributed by atoms with Gasteiger partial charge in [-0.25, -0.2) is 0 Å². The van der Waals surface area contributed by atoms with E-state index in [-0.39, 0.29) is 5.88 Å². The average Bonchev–Trinajstić information content (AvgIpc) is 2.61. The largest absolute Gasteiger partial charge is 0.551 e. The fourth-order valence-corrected chi connectivity index (χ4v) is 1.76. The van der Waals surface area contributed by atoms with Gasteiger partial charge in [-0.3, -0.25) is 4.79 Å². The number of aromatic nitrogens is 2. The first-order chi connectivity index (χ1) is 7.68. The molecule has 0 atom stereocenters. The highest BCUT2D eigenvalue weighted by Gasteiger charge is 2.26. The summed E-state index contributed by atoms with van der Waals surface area (Å²) in [7, 11) is 0. The summed E-state index contributed by atoms with van der Waals surface area (Å²) in [5, 5.41) is 17.3. The van der Waals surface area contributed by atoms with Crippen LogP contribution in [0.2, 0.25) is 0 Å². The van der Waals surface area contributed by atoms with E-state index in [4.69, 9.17) is 14.4 Å². The van der Waals surface area contributed by atoms with Crippen LogP contribution in [0.5, 0.6) is 0 Å². The molecule has 1 aromatic heterocycles. The molecule has 1 amide bonds. The van der Waals surface area contributed by atoms with E-state index in [0.717, 1.165) is 0 Å². The van der Waals surface area contributed by atoms with Gasteiger partial charge in [-0.05, 0) is 0 Å². The van der Waals surface area contributed by atoms with E-state index in [1.807, 2.05) is 5.01 Å². The van der Waals surface area contributed by atoms with Crippen molar-refractivity contribution >= 4 is 27.9 Å². The van der Waals surface area contributed by atoms with Gasteiger partial charge in [0.2, 0.25) is 11.4 Å². The summed E-state index contributed by atoms with van der Waals surface area (Å²) in [5.74, 6) is -0.0704. The highest BCUT2D eigenvalue weighted by molar-refractivity contribution is 9.10. The van der Waals surface area contributed by atoms with Gasteiger partial charge in [-0.1, -0.05) is 0 Å². The zero-order chi connectivity index (χ0) is 11.5. The molecule has 0 radical (unpaired) electrons. The monoisotopic (exact) mass is 292 g/mol. The van der Waals surface area contributed by atoms with Gasteiger partial charge < -0.3 is 19.7 Å². The van der Waals surface area contributed by atoms with Gasteiger partial charge in [0, 0.05) is 15.9 Å². The van der Waals surface area contributed by atoms with E-state index in [0.29, 0.717) is 30.9 Å². The van der Waals surface area contributed by atoms with Gasteiger partial charge in [0.25, 0.3) is 0 Å². The van der Waals surface area contributed by atoms with Gasteiger partial charge in [-0.2, -0.15) is 0 Å². The smallest absolute Gasteiger partial charge is 0.333 e. The molecule has 0 saturated carbocycles. The molecule has 9 heteroatoms. The maximum Gasteiger partial charge on any atom is 0.333 e. The lowest BCUT2D eigenvalue weighted by molar-refractivity contribution is -0.768. The summed E-state index contributed by atoms with van der Waals surface area (Å²) in [6.07, 6.45) is -1.33. The molecule has 1 fully saturated rings. The maximum absolute atomic E-state index is 10.4. The predicted octanol–water partition coefficient (Wildman–Crippen LogP) is 0.376. The van der Waals surface area contributed by atoms with Crippen molar-refractivity contribution in [1.29, 1.82) is 0 Å². The van der Waals surface area contributed by atoms with Crippen molar-refractivity contribution in [2.45, 2.75) is 0 Å². The summed E-state index contributed by atoms with van der Waals surface area (Å²) < 4.78 is 10.4. The lowest BCUT2D eigenvalue weighted by atomic mass is 10.5. The Morgan fingerprint density at radius 3 is 2.88 bits per heavy atom. The molecule has 16 heavy (non-hydrogen) atoms. The number of nitrogens with zero attached hydrogens (tertiary/aromatic N) is 4. The van der Waals surface area contributed by atoms with Gasteiger partial charge in [0.05, 0.1) is 31.1 Å². The fraction of sp³-hybridized carbons (Fsp3) is 0.571. The molecule has 2 rings (SSSR count). The second-order valence-corrected chi connectivity index (χ2v) is 3.77. The number of morpholine rings is 1. The topological polar surface area (TPSA) is 93.8 Å². The number of ether oxygens (including phenoxy) is 1. The number of hydrogen-bond donors (Lipinski definition) is 1. The second kappa shape index (κ2) is 4.66. The van der Waals surface area contributed by atoms with Crippen LogP contribution in [0.15, 0.2) is 9.13 Å². The zero-order valence-corrected chi connectivity index (χ0v) is 9.75. The quantitative estimate of drug-likeness (QED) is 0.792. The molecule has 88 valence electrons. The first-order valence-electron chi connectivity index (χ1n) is 4.53. The van der Waals surface area contributed by atoms with E-state index < -0.39 is 6.09 Å². The Bertz CT molecular complexity index is 390. The Morgan fingerprint density at radius 1 is 1.56 bits per heavy atom. The molecule has 0 unspecified atom stereocenters. The molecule has 2 heterocycles. The maximum atomic E-state index is 10.4. The first kappa shape index (κ1) is 11.1. The Labute approximate surface area is 98.8 Å². The Morgan fingerprint density at radius 2 is 2.25 bits per heavy atom. The number of amides is 1. The summed E-state index contributed by atoms with van der Waals surface area (Å²) in [4.78, 5) is 11.8. The number of halogens is 1. The third-order valence-electron chi connectivity index (χ3n) is 2.01. The predicted molar refractivity (Wildman–Crippen MR) is 54.2 cm³/mol. The molecular weight excluding hydrogens is 284 g/mol. The third-order valence-corrected chi connectivity index (χ3v) is 2.67. The van der Waals surface area contributed by atoms with Crippen molar-refractivity contribution in [3.05, 3.63) is 9.92 Å². The highest BCUT2D eigenvalue weighted by atomic mass is 79.9. The minimum atomic E-state index is -1.33. The van der Waals surface area contributed by atoms with Crippen molar-refractivity contribution in [1.82, 2.24) is 5.27 Å². The molecule has 1 aliphatic heterocycles. The average molecular weight is 293 g/mol. The van der Waals surface area contributed by atoms with Crippen molar-refractivity contribution < 1.29 is 24.0 Å². The van der Waals surface area contributed by atoms with E-state index in [1.165, 1.54) is 4.79 Å². The highest BCUT2D eigenvalue weighted by Crippen LogP contribution is 2.25. The van der Waals surface area contributed by atoms with Gasteiger partial charge in [0.15, 0.2) is 5.88 Å². The summed E-state index contributed by atoms with van der Waals surface area (Å²) in [6.45, 7) is 2.50. The molecule has 0 spiro atoms. The number of rotatable bonds is 2. The van der Waals surface area contributed by atoms with Gasteiger partial charge in [-0.15, -0.1) is 5.01 Å². The van der Waals surface area contributed by atoms with Crippen molar-refractivity contribution in [2.24, 2.45) is 0 Å². The van der Waals surface area contributed by atoms with Crippen LogP contribution in [0.25, 0.3) is 5.32 Å². The molecule has 0 aromatic carbocycles. The normalized spacial score (nSPS) is 16.2. The van der Waals surface area contributed by atoms with Crippen molar-refractivity contribution in [2.75, 3.05) is 31.3 Å². The Balaban J connectivity index is 2.15. The van der Waals surface area contributed by atoms with Crippen molar-refractivity contribution in [3.8, 4) is 0 Å². The SMILES string of the molecule is O=C(O)[N-]c1on[n+](N2CCOCC2)c1Br. The summed E-state index contributed by atoms with van der Waals surface area (Å²) in [5.41, 5.74) is 0. The van der Waals surface area contributed by atoms with Crippen LogP contribution in [0.4, 0.5) is 10.7 Å². The van der Waals surface area contributed by atoms with Crippen LogP contribution in [0, 0.1) is 0 Å². The van der Waals surface area contributed by atoms with Crippen molar-refractivity contribution in [3.63, 3.8) is 0 Å². The minimum absolute atomic E-state index is 0.0704. The number of carbonyl (C=O) groups is 1. The number of carboxylic acid groups (broad SMARTS) is 1. The summed E-state index contributed by atoms with van der Waals surface area (Å²) >= 11 is 3.18. The van der Waals surface area contributed by atoms with E-state index in [9.17, 15) is 4.79 Å². The molecule has 1 aliphatic rings. The Hall–Kier alpha value is -1.35. The molecule has 1 saturated heterocycles. The van der Waals surface area contributed by atoms with Crippen LogP contribution in [-0.2, 0) is 4.74 Å². The summed E-state index contributed by atoms with van der Waals surface area (Å²) in [6, 6.07) is 0. The van der Waals surface area contributed by atoms with Crippen LogP contribution in [0.1, 0.15) is 0 Å². The first-order valence-corrected chi connectivity index (χ1v) is 5.33. The van der Waals surface area contributed by atoms with E-state index >= 15 is 0 Å². The third kappa shape index (κ3) is 2.25. The van der Waals surface area contributed by atoms with Crippen LogP contribution < -0.4 is 9.80 Å². The minimum Gasteiger partial charge on any atom is -0.551 e. The molecule has 8 nitrogen and oxygen atoms in total.